The first kappa shape index (κ1) is 21.0. The molecule has 0 bridgehead atoms. The van der Waals surface area contributed by atoms with Crippen LogP contribution in [0, 0.1) is 4.77 Å². The maximum absolute atomic E-state index is 12.5. The fourth-order valence-electron chi connectivity index (χ4n) is 3.63. The number of rotatable bonds is 6. The van der Waals surface area contributed by atoms with Crippen molar-refractivity contribution >= 4 is 24.0 Å². The van der Waals surface area contributed by atoms with Crippen LogP contribution in [-0.4, -0.2) is 50.2 Å². The topological polar surface area (TPSA) is 92.2 Å². The number of aromatic nitrogens is 3. The fourth-order valence-corrected chi connectivity index (χ4v) is 3.79. The van der Waals surface area contributed by atoms with Crippen molar-refractivity contribution < 1.29 is 14.3 Å². The summed E-state index contributed by atoms with van der Waals surface area (Å²) in [4.78, 5) is 26.8. The molecule has 1 aromatic heterocycles. The van der Waals surface area contributed by atoms with Gasteiger partial charge < -0.3 is 19.5 Å². The molecule has 2 N–H and O–H groups in total. The highest BCUT2D eigenvalue weighted by atomic mass is 32.1. The number of amides is 2. The Bertz CT molecular complexity index is 911. The van der Waals surface area contributed by atoms with Gasteiger partial charge in [-0.1, -0.05) is 0 Å². The number of carbonyl (C=O) groups is 2. The minimum absolute atomic E-state index is 0.000461. The molecule has 2 atom stereocenters. The molecule has 3 rings (SSSR count). The molecule has 1 fully saturated rings. The molecule has 1 aromatic carbocycles. The molecule has 8 nitrogen and oxygen atoms in total. The number of benzene rings is 1. The standard InChI is InChI=1S/C20H27N5O3S/c1-13-5-4-6-14(2)25(13)18(26)12-28-16-9-7-15(8-10-16)19(27)21-11-17-22-23-20(29)24(17)3/h7-10,13-14H,4-6,11-12H2,1-3H3,(H,21,27)(H,23,29). The van der Waals surface area contributed by atoms with Crippen LogP contribution < -0.4 is 10.1 Å². The lowest BCUT2D eigenvalue weighted by Gasteiger charge is -2.38. The smallest absolute Gasteiger partial charge is 0.260 e. The summed E-state index contributed by atoms with van der Waals surface area (Å²) in [6, 6.07) is 7.22. The molecule has 2 amide bonds. The molecule has 156 valence electrons. The molecular formula is C20H27N5O3S. The van der Waals surface area contributed by atoms with Crippen molar-refractivity contribution in [3.8, 4) is 5.75 Å². The van der Waals surface area contributed by atoms with Crippen molar-refractivity contribution in [1.82, 2.24) is 25.0 Å². The van der Waals surface area contributed by atoms with Crippen LogP contribution >= 0.6 is 12.2 Å². The van der Waals surface area contributed by atoms with Crippen LogP contribution in [0.4, 0.5) is 0 Å². The van der Waals surface area contributed by atoms with Crippen LogP contribution in [-0.2, 0) is 18.4 Å². The van der Waals surface area contributed by atoms with Gasteiger partial charge >= 0.3 is 0 Å². The second-order valence-electron chi connectivity index (χ2n) is 7.43. The second-order valence-corrected chi connectivity index (χ2v) is 7.82. The van der Waals surface area contributed by atoms with E-state index in [1.54, 1.807) is 35.9 Å². The summed E-state index contributed by atoms with van der Waals surface area (Å²) in [6.45, 7) is 4.43. The normalized spacial score (nSPS) is 19.1. The molecule has 1 aliphatic heterocycles. The van der Waals surface area contributed by atoms with Gasteiger partial charge in [-0.2, -0.15) is 5.10 Å². The van der Waals surface area contributed by atoms with Gasteiger partial charge in [0.15, 0.2) is 17.2 Å². The Hall–Kier alpha value is -2.68. The summed E-state index contributed by atoms with van der Waals surface area (Å²) in [7, 11) is 1.78. The van der Waals surface area contributed by atoms with Gasteiger partial charge in [0, 0.05) is 24.7 Å². The molecule has 1 aliphatic rings. The van der Waals surface area contributed by atoms with Gasteiger partial charge in [-0.25, -0.2) is 0 Å². The number of hydrogen-bond donors (Lipinski definition) is 2. The van der Waals surface area contributed by atoms with Crippen molar-refractivity contribution in [2.45, 2.75) is 51.7 Å². The number of nitrogens with zero attached hydrogens (tertiary/aromatic N) is 3. The molecule has 1 saturated heterocycles. The van der Waals surface area contributed by atoms with Gasteiger partial charge in [0.05, 0.1) is 6.54 Å². The summed E-state index contributed by atoms with van der Waals surface area (Å²) in [6.07, 6.45) is 3.22. The van der Waals surface area contributed by atoms with E-state index >= 15 is 0 Å². The number of ether oxygens (including phenoxy) is 1. The van der Waals surface area contributed by atoms with Gasteiger partial charge in [0.2, 0.25) is 0 Å². The van der Waals surface area contributed by atoms with Crippen molar-refractivity contribution in [3.05, 3.63) is 40.4 Å². The Morgan fingerprint density at radius 2 is 1.90 bits per heavy atom. The Balaban J connectivity index is 1.51. The molecule has 29 heavy (non-hydrogen) atoms. The zero-order valence-corrected chi connectivity index (χ0v) is 17.8. The molecule has 0 aliphatic carbocycles. The number of likely N-dealkylation sites (tertiary alicyclic amines) is 1. The van der Waals surface area contributed by atoms with Crippen molar-refractivity contribution in [1.29, 1.82) is 0 Å². The molecular weight excluding hydrogens is 390 g/mol. The zero-order chi connectivity index (χ0) is 21.0. The maximum Gasteiger partial charge on any atom is 0.260 e. The van der Waals surface area contributed by atoms with E-state index in [4.69, 9.17) is 17.0 Å². The zero-order valence-electron chi connectivity index (χ0n) is 17.0. The van der Waals surface area contributed by atoms with Crippen molar-refractivity contribution in [2.24, 2.45) is 7.05 Å². The first-order valence-corrected chi connectivity index (χ1v) is 10.2. The number of H-pyrrole nitrogens is 1. The maximum atomic E-state index is 12.5. The quantitative estimate of drug-likeness (QED) is 0.705. The highest BCUT2D eigenvalue weighted by molar-refractivity contribution is 7.71. The number of hydrogen-bond acceptors (Lipinski definition) is 5. The summed E-state index contributed by atoms with van der Waals surface area (Å²) in [5, 5.41) is 9.54. The molecule has 9 heteroatoms. The third kappa shape index (κ3) is 5.03. The third-order valence-corrected chi connectivity index (χ3v) is 5.70. The molecule has 2 aromatic rings. The number of piperidine rings is 1. The number of aromatic amines is 1. The lowest BCUT2D eigenvalue weighted by molar-refractivity contribution is -0.139. The van der Waals surface area contributed by atoms with E-state index in [1.165, 1.54) is 0 Å². The van der Waals surface area contributed by atoms with Gasteiger partial charge in [0.25, 0.3) is 11.8 Å². The van der Waals surface area contributed by atoms with Gasteiger partial charge in [0.1, 0.15) is 5.75 Å². The van der Waals surface area contributed by atoms with Crippen LogP contribution in [0.2, 0.25) is 0 Å². The summed E-state index contributed by atoms with van der Waals surface area (Å²) in [5.41, 5.74) is 0.499. The monoisotopic (exact) mass is 417 g/mol. The first-order chi connectivity index (χ1) is 13.9. The summed E-state index contributed by atoms with van der Waals surface area (Å²) >= 11 is 5.05. The van der Waals surface area contributed by atoms with Crippen LogP contribution in [0.5, 0.6) is 5.75 Å². The van der Waals surface area contributed by atoms with Gasteiger partial charge in [-0.15, -0.1) is 0 Å². The van der Waals surface area contributed by atoms with E-state index in [1.807, 2.05) is 4.90 Å². The highest BCUT2D eigenvalue weighted by Gasteiger charge is 2.28. The Morgan fingerprint density at radius 1 is 1.24 bits per heavy atom. The fraction of sp³-hybridized carbons (Fsp3) is 0.500. The molecule has 0 radical (unpaired) electrons. The van der Waals surface area contributed by atoms with Crippen molar-refractivity contribution in [3.63, 3.8) is 0 Å². The SMILES string of the molecule is CC1CCCC(C)N1C(=O)COc1ccc(C(=O)NCc2n[nH]c(=S)n2C)cc1. The van der Waals surface area contributed by atoms with E-state index in [9.17, 15) is 9.59 Å². The van der Waals surface area contributed by atoms with E-state index in [-0.39, 0.29) is 37.0 Å². The lowest BCUT2D eigenvalue weighted by Crippen LogP contribution is -2.49. The Labute approximate surface area is 175 Å². The largest absolute Gasteiger partial charge is 0.484 e. The molecule has 2 unspecified atom stereocenters. The lowest BCUT2D eigenvalue weighted by atomic mass is 9.97. The van der Waals surface area contributed by atoms with E-state index in [0.717, 1.165) is 19.3 Å². The average Bonchev–Trinajstić information content (AvgIpc) is 3.03. The van der Waals surface area contributed by atoms with Gasteiger partial charge in [-0.3, -0.25) is 14.7 Å². The van der Waals surface area contributed by atoms with E-state index < -0.39 is 0 Å². The Kier molecular flexibility index (Phi) is 6.68. The average molecular weight is 418 g/mol. The molecule has 2 heterocycles. The van der Waals surface area contributed by atoms with Crippen molar-refractivity contribution in [2.75, 3.05) is 6.61 Å². The van der Waals surface area contributed by atoms with Crippen LogP contribution in [0.1, 0.15) is 49.3 Å². The predicted octanol–water partition coefficient (Wildman–Crippen LogP) is 2.58. The molecule has 0 spiro atoms. The number of carbonyl (C=O) groups excluding carboxylic acids is 2. The van der Waals surface area contributed by atoms with Gasteiger partial charge in [-0.05, 0) is 69.6 Å². The molecule has 0 saturated carbocycles. The van der Waals surface area contributed by atoms with Crippen LogP contribution in [0.15, 0.2) is 24.3 Å². The minimum atomic E-state index is -0.225. The second kappa shape index (κ2) is 9.21. The predicted molar refractivity (Wildman–Crippen MR) is 111 cm³/mol. The number of nitrogens with one attached hydrogen (secondary N) is 2. The minimum Gasteiger partial charge on any atom is -0.484 e. The van der Waals surface area contributed by atoms with E-state index in [2.05, 4.69) is 29.4 Å². The van der Waals surface area contributed by atoms with E-state index in [0.29, 0.717) is 21.9 Å². The highest BCUT2D eigenvalue weighted by Crippen LogP contribution is 2.23. The Morgan fingerprint density at radius 3 is 2.48 bits per heavy atom. The third-order valence-electron chi connectivity index (χ3n) is 5.34. The summed E-state index contributed by atoms with van der Waals surface area (Å²) in [5.74, 6) is 0.974. The summed E-state index contributed by atoms with van der Waals surface area (Å²) < 4.78 is 7.85. The van der Waals surface area contributed by atoms with Crippen LogP contribution in [0.25, 0.3) is 0 Å². The first-order valence-electron chi connectivity index (χ1n) is 9.79. The van der Waals surface area contributed by atoms with Crippen LogP contribution in [0.3, 0.4) is 0 Å².